The third kappa shape index (κ3) is 3.36. The Morgan fingerprint density at radius 1 is 1.50 bits per heavy atom. The standard InChI is InChI=1S/C15H16FN3O2S/c1-4-9-19-13(11-7-5-6-8-12(11)16)17-18-15(19)22-10(2)14(20)21-3/h4-8,10H,1,9H2,2-3H3. The van der Waals surface area contributed by atoms with Crippen molar-refractivity contribution in [1.82, 2.24) is 14.8 Å². The Kier molecular flexibility index (Phi) is 5.32. The lowest BCUT2D eigenvalue weighted by Gasteiger charge is -2.11. The SMILES string of the molecule is C=CCn1c(SC(C)C(=O)OC)nnc1-c1ccccc1F. The van der Waals surface area contributed by atoms with E-state index in [9.17, 15) is 9.18 Å². The van der Waals surface area contributed by atoms with E-state index in [2.05, 4.69) is 16.8 Å². The van der Waals surface area contributed by atoms with Gasteiger partial charge >= 0.3 is 5.97 Å². The first-order valence-electron chi connectivity index (χ1n) is 6.62. The van der Waals surface area contributed by atoms with Gasteiger partial charge in [0.1, 0.15) is 11.1 Å². The van der Waals surface area contributed by atoms with Gasteiger partial charge in [0.05, 0.1) is 12.7 Å². The third-order valence-electron chi connectivity index (χ3n) is 2.96. The molecule has 0 amide bonds. The van der Waals surface area contributed by atoms with E-state index in [4.69, 9.17) is 4.74 Å². The smallest absolute Gasteiger partial charge is 0.318 e. The minimum absolute atomic E-state index is 0.356. The van der Waals surface area contributed by atoms with Crippen LogP contribution in [0.15, 0.2) is 42.1 Å². The molecule has 0 saturated carbocycles. The molecular weight excluding hydrogens is 305 g/mol. The lowest BCUT2D eigenvalue weighted by atomic mass is 10.2. The maximum absolute atomic E-state index is 14.0. The van der Waals surface area contributed by atoms with E-state index in [0.717, 1.165) is 0 Å². The van der Waals surface area contributed by atoms with E-state index >= 15 is 0 Å². The van der Waals surface area contributed by atoms with Gasteiger partial charge in [-0.1, -0.05) is 30.0 Å². The largest absolute Gasteiger partial charge is 0.468 e. The number of methoxy groups -OCH3 is 1. The Morgan fingerprint density at radius 3 is 2.86 bits per heavy atom. The molecule has 0 radical (unpaired) electrons. The number of esters is 1. The summed E-state index contributed by atoms with van der Waals surface area (Å²) in [5.41, 5.74) is 0.356. The lowest BCUT2D eigenvalue weighted by molar-refractivity contribution is -0.139. The highest BCUT2D eigenvalue weighted by Gasteiger charge is 2.21. The van der Waals surface area contributed by atoms with Crippen LogP contribution < -0.4 is 0 Å². The number of thioether (sulfide) groups is 1. The van der Waals surface area contributed by atoms with Crippen molar-refractivity contribution >= 4 is 17.7 Å². The molecule has 1 aromatic carbocycles. The van der Waals surface area contributed by atoms with Crippen molar-refractivity contribution in [1.29, 1.82) is 0 Å². The van der Waals surface area contributed by atoms with Crippen molar-refractivity contribution in [2.45, 2.75) is 23.9 Å². The normalized spacial score (nSPS) is 12.0. The molecule has 2 aromatic rings. The van der Waals surface area contributed by atoms with E-state index in [-0.39, 0.29) is 11.8 Å². The van der Waals surface area contributed by atoms with Crippen LogP contribution in [0, 0.1) is 5.82 Å². The molecule has 0 saturated heterocycles. The lowest BCUT2D eigenvalue weighted by Crippen LogP contribution is -2.15. The summed E-state index contributed by atoms with van der Waals surface area (Å²) in [5.74, 6) is -0.332. The predicted octanol–water partition coefficient (Wildman–Crippen LogP) is 2.92. The van der Waals surface area contributed by atoms with E-state index < -0.39 is 5.25 Å². The molecule has 0 fully saturated rings. The number of allylic oxidation sites excluding steroid dienone is 1. The molecule has 0 aliphatic heterocycles. The van der Waals surface area contributed by atoms with Crippen LogP contribution >= 0.6 is 11.8 Å². The van der Waals surface area contributed by atoms with Crippen LogP contribution in [0.3, 0.4) is 0 Å². The van der Waals surface area contributed by atoms with Crippen LogP contribution in [-0.2, 0) is 16.1 Å². The summed E-state index contributed by atoms with van der Waals surface area (Å²) in [7, 11) is 1.33. The molecule has 0 N–H and O–H groups in total. The summed E-state index contributed by atoms with van der Waals surface area (Å²) < 4.78 is 20.4. The fourth-order valence-electron chi connectivity index (χ4n) is 1.88. The van der Waals surface area contributed by atoms with E-state index in [1.54, 1.807) is 35.8 Å². The van der Waals surface area contributed by atoms with E-state index in [0.29, 0.717) is 23.1 Å². The fourth-order valence-corrected chi connectivity index (χ4v) is 2.77. The first-order chi connectivity index (χ1) is 10.6. The number of hydrogen-bond acceptors (Lipinski definition) is 5. The molecule has 1 unspecified atom stereocenters. The maximum Gasteiger partial charge on any atom is 0.318 e. The number of benzene rings is 1. The zero-order chi connectivity index (χ0) is 16.1. The van der Waals surface area contributed by atoms with E-state index in [1.807, 2.05) is 0 Å². The molecule has 0 aliphatic rings. The van der Waals surface area contributed by atoms with Gasteiger partial charge in [0.15, 0.2) is 11.0 Å². The zero-order valence-corrected chi connectivity index (χ0v) is 13.1. The van der Waals surface area contributed by atoms with Crippen molar-refractivity contribution in [2.24, 2.45) is 0 Å². The van der Waals surface area contributed by atoms with Crippen molar-refractivity contribution in [3.05, 3.63) is 42.7 Å². The van der Waals surface area contributed by atoms with Gasteiger partial charge in [0, 0.05) is 6.54 Å². The number of carbonyl (C=O) groups excluding carboxylic acids is 1. The quantitative estimate of drug-likeness (QED) is 0.465. The van der Waals surface area contributed by atoms with Crippen molar-refractivity contribution in [3.8, 4) is 11.4 Å². The van der Waals surface area contributed by atoms with Crippen molar-refractivity contribution in [2.75, 3.05) is 7.11 Å². The van der Waals surface area contributed by atoms with Gasteiger partial charge in [-0.2, -0.15) is 0 Å². The van der Waals surface area contributed by atoms with Gasteiger partial charge in [-0.3, -0.25) is 9.36 Å². The Morgan fingerprint density at radius 2 is 2.23 bits per heavy atom. The highest BCUT2D eigenvalue weighted by Crippen LogP contribution is 2.28. The van der Waals surface area contributed by atoms with Gasteiger partial charge < -0.3 is 4.74 Å². The Labute approximate surface area is 132 Å². The highest BCUT2D eigenvalue weighted by molar-refractivity contribution is 8.00. The molecule has 22 heavy (non-hydrogen) atoms. The van der Waals surface area contributed by atoms with Gasteiger partial charge in [-0.25, -0.2) is 4.39 Å². The number of ether oxygens (including phenoxy) is 1. The molecule has 116 valence electrons. The maximum atomic E-state index is 14.0. The molecular formula is C15H16FN3O2S. The second-order valence-corrected chi connectivity index (χ2v) is 5.78. The minimum atomic E-state index is -0.439. The molecule has 0 bridgehead atoms. The topological polar surface area (TPSA) is 57.0 Å². The Bertz CT molecular complexity index is 687. The van der Waals surface area contributed by atoms with Crippen molar-refractivity contribution in [3.63, 3.8) is 0 Å². The summed E-state index contributed by atoms with van der Waals surface area (Å²) in [6.45, 7) is 5.82. The molecule has 2 rings (SSSR count). The Hall–Kier alpha value is -2.15. The molecule has 0 spiro atoms. The van der Waals surface area contributed by atoms with Crippen molar-refractivity contribution < 1.29 is 13.9 Å². The van der Waals surface area contributed by atoms with Gasteiger partial charge in [0.25, 0.3) is 0 Å². The summed E-state index contributed by atoms with van der Waals surface area (Å²) in [5, 5.41) is 8.19. The van der Waals surface area contributed by atoms with Crippen LogP contribution in [0.1, 0.15) is 6.92 Å². The number of carbonyl (C=O) groups is 1. The summed E-state index contributed by atoms with van der Waals surface area (Å²) in [6, 6.07) is 6.35. The molecule has 1 heterocycles. The van der Waals surface area contributed by atoms with Gasteiger partial charge in [-0.05, 0) is 19.1 Å². The first kappa shape index (κ1) is 16.2. The summed E-state index contributed by atoms with van der Waals surface area (Å²) in [6.07, 6.45) is 1.67. The average Bonchev–Trinajstić information content (AvgIpc) is 2.90. The second kappa shape index (κ2) is 7.22. The second-order valence-electron chi connectivity index (χ2n) is 4.47. The number of halogens is 1. The fraction of sp³-hybridized carbons (Fsp3) is 0.267. The highest BCUT2D eigenvalue weighted by atomic mass is 32.2. The summed E-state index contributed by atoms with van der Waals surface area (Å²) >= 11 is 1.21. The molecule has 1 aromatic heterocycles. The van der Waals surface area contributed by atoms with Gasteiger partial charge in [-0.15, -0.1) is 16.8 Å². The number of nitrogens with zero attached hydrogens (tertiary/aromatic N) is 3. The molecule has 0 aliphatic carbocycles. The Balaban J connectivity index is 2.39. The number of aromatic nitrogens is 3. The first-order valence-corrected chi connectivity index (χ1v) is 7.50. The van der Waals surface area contributed by atoms with Gasteiger partial charge in [0.2, 0.25) is 0 Å². The number of hydrogen-bond donors (Lipinski definition) is 0. The van der Waals surface area contributed by atoms with E-state index in [1.165, 1.54) is 24.9 Å². The zero-order valence-electron chi connectivity index (χ0n) is 12.3. The molecule has 7 heteroatoms. The van der Waals surface area contributed by atoms with Crippen LogP contribution in [0.4, 0.5) is 4.39 Å². The van der Waals surface area contributed by atoms with Crippen LogP contribution in [0.25, 0.3) is 11.4 Å². The minimum Gasteiger partial charge on any atom is -0.468 e. The van der Waals surface area contributed by atoms with Crippen LogP contribution in [0.2, 0.25) is 0 Å². The monoisotopic (exact) mass is 321 g/mol. The molecule has 5 nitrogen and oxygen atoms in total. The van der Waals surface area contributed by atoms with Crippen LogP contribution in [0.5, 0.6) is 0 Å². The third-order valence-corrected chi connectivity index (χ3v) is 4.02. The average molecular weight is 321 g/mol. The number of rotatable bonds is 6. The summed E-state index contributed by atoms with van der Waals surface area (Å²) in [4.78, 5) is 11.5. The van der Waals surface area contributed by atoms with Crippen LogP contribution in [-0.4, -0.2) is 33.1 Å². The predicted molar refractivity (Wildman–Crippen MR) is 82.9 cm³/mol. The molecule has 1 atom stereocenters.